The first kappa shape index (κ1) is 13.7. The average Bonchev–Trinajstić information content (AvgIpc) is 2.92. The lowest BCUT2D eigenvalue weighted by molar-refractivity contribution is 0.339. The molecule has 0 amide bonds. The van der Waals surface area contributed by atoms with Gasteiger partial charge in [-0.25, -0.2) is 0 Å². The molecule has 0 fully saturated rings. The molecule has 3 heteroatoms. The summed E-state index contributed by atoms with van der Waals surface area (Å²) in [6, 6.07) is 10.6. The van der Waals surface area contributed by atoms with Crippen molar-refractivity contribution in [3.05, 3.63) is 54.0 Å². The fourth-order valence-electron chi connectivity index (χ4n) is 2.19. The van der Waals surface area contributed by atoms with Gasteiger partial charge in [0.25, 0.3) is 0 Å². The van der Waals surface area contributed by atoms with Gasteiger partial charge in [0, 0.05) is 6.04 Å². The van der Waals surface area contributed by atoms with E-state index in [0.717, 1.165) is 18.7 Å². The smallest absolute Gasteiger partial charge is 0.119 e. The van der Waals surface area contributed by atoms with Crippen molar-refractivity contribution in [2.75, 3.05) is 13.2 Å². The van der Waals surface area contributed by atoms with Crippen LogP contribution in [0.1, 0.15) is 31.0 Å². The molecule has 2 aromatic rings. The highest BCUT2D eigenvalue weighted by Crippen LogP contribution is 2.22. The highest BCUT2D eigenvalue weighted by Gasteiger charge is 2.12. The van der Waals surface area contributed by atoms with Crippen LogP contribution >= 0.6 is 0 Å². The molecule has 19 heavy (non-hydrogen) atoms. The third kappa shape index (κ3) is 3.86. The molecule has 1 aromatic heterocycles. The van der Waals surface area contributed by atoms with Crippen molar-refractivity contribution in [2.45, 2.75) is 26.3 Å². The summed E-state index contributed by atoms with van der Waals surface area (Å²) < 4.78 is 10.7. The molecule has 3 nitrogen and oxygen atoms in total. The Morgan fingerprint density at radius 1 is 1.26 bits per heavy atom. The van der Waals surface area contributed by atoms with E-state index in [-0.39, 0.29) is 6.04 Å². The Morgan fingerprint density at radius 2 is 2.16 bits per heavy atom. The van der Waals surface area contributed by atoms with E-state index in [4.69, 9.17) is 9.15 Å². The number of furan rings is 1. The SMILES string of the molecule is CCNC(Cc1ccoc1)c1cccc(OCC)c1. The van der Waals surface area contributed by atoms with E-state index < -0.39 is 0 Å². The Hall–Kier alpha value is -1.74. The van der Waals surface area contributed by atoms with Gasteiger partial charge in [0.05, 0.1) is 19.1 Å². The minimum Gasteiger partial charge on any atom is -0.494 e. The summed E-state index contributed by atoms with van der Waals surface area (Å²) >= 11 is 0. The molecule has 0 aliphatic heterocycles. The minimum atomic E-state index is 0.281. The van der Waals surface area contributed by atoms with Crippen LogP contribution in [0.15, 0.2) is 47.3 Å². The second-order valence-corrected chi connectivity index (χ2v) is 4.45. The molecule has 1 unspecified atom stereocenters. The topological polar surface area (TPSA) is 34.4 Å². The van der Waals surface area contributed by atoms with Crippen LogP contribution in [0.4, 0.5) is 0 Å². The molecule has 1 atom stereocenters. The van der Waals surface area contributed by atoms with Crippen LogP contribution in [0.3, 0.4) is 0 Å². The van der Waals surface area contributed by atoms with Crippen LogP contribution in [0.5, 0.6) is 5.75 Å². The zero-order valence-corrected chi connectivity index (χ0v) is 11.6. The second-order valence-electron chi connectivity index (χ2n) is 4.45. The summed E-state index contributed by atoms with van der Waals surface area (Å²) in [4.78, 5) is 0. The first-order valence-electron chi connectivity index (χ1n) is 6.80. The monoisotopic (exact) mass is 259 g/mol. The predicted molar refractivity (Wildman–Crippen MR) is 76.4 cm³/mol. The van der Waals surface area contributed by atoms with E-state index in [0.29, 0.717) is 6.61 Å². The molecule has 1 heterocycles. The molecule has 0 aliphatic rings. The molecule has 0 spiro atoms. The van der Waals surface area contributed by atoms with E-state index in [2.05, 4.69) is 24.4 Å². The van der Waals surface area contributed by atoms with Crippen LogP contribution in [0.25, 0.3) is 0 Å². The molecule has 0 radical (unpaired) electrons. The van der Waals surface area contributed by atoms with Gasteiger partial charge in [0.15, 0.2) is 0 Å². The number of hydrogen-bond donors (Lipinski definition) is 1. The van der Waals surface area contributed by atoms with Crippen molar-refractivity contribution in [1.82, 2.24) is 5.32 Å². The lowest BCUT2D eigenvalue weighted by Crippen LogP contribution is -2.22. The molecule has 0 aliphatic carbocycles. The van der Waals surface area contributed by atoms with Crippen LogP contribution in [-0.4, -0.2) is 13.2 Å². The van der Waals surface area contributed by atoms with E-state index in [1.54, 1.807) is 12.5 Å². The molecule has 2 rings (SSSR count). The van der Waals surface area contributed by atoms with Crippen molar-refractivity contribution in [1.29, 1.82) is 0 Å². The van der Waals surface area contributed by atoms with Gasteiger partial charge in [-0.15, -0.1) is 0 Å². The van der Waals surface area contributed by atoms with Gasteiger partial charge in [-0.05, 0) is 49.2 Å². The van der Waals surface area contributed by atoms with Crippen molar-refractivity contribution >= 4 is 0 Å². The van der Waals surface area contributed by atoms with E-state index in [1.807, 2.05) is 25.1 Å². The number of benzene rings is 1. The fraction of sp³-hybridized carbons (Fsp3) is 0.375. The zero-order chi connectivity index (χ0) is 13.5. The van der Waals surface area contributed by atoms with Gasteiger partial charge in [-0.1, -0.05) is 19.1 Å². The number of rotatable bonds is 7. The Labute approximate surface area is 114 Å². The third-order valence-corrected chi connectivity index (χ3v) is 3.04. The molecule has 0 bridgehead atoms. The molecule has 1 aromatic carbocycles. The second kappa shape index (κ2) is 7.00. The normalized spacial score (nSPS) is 12.3. The summed E-state index contributed by atoms with van der Waals surface area (Å²) in [7, 11) is 0. The van der Waals surface area contributed by atoms with Gasteiger partial charge in [-0.3, -0.25) is 0 Å². The standard InChI is InChI=1S/C16H21NO2/c1-3-17-16(10-13-8-9-18-12-13)14-6-5-7-15(11-14)19-4-2/h5-9,11-12,16-17H,3-4,10H2,1-2H3. The first-order valence-corrected chi connectivity index (χ1v) is 6.80. The maximum Gasteiger partial charge on any atom is 0.119 e. The van der Waals surface area contributed by atoms with Crippen LogP contribution in [-0.2, 0) is 6.42 Å². The van der Waals surface area contributed by atoms with Crippen molar-refractivity contribution < 1.29 is 9.15 Å². The average molecular weight is 259 g/mol. The third-order valence-electron chi connectivity index (χ3n) is 3.04. The van der Waals surface area contributed by atoms with Crippen LogP contribution in [0, 0.1) is 0 Å². The molecule has 0 saturated heterocycles. The molecule has 1 N–H and O–H groups in total. The summed E-state index contributed by atoms with van der Waals surface area (Å²) in [5, 5.41) is 3.51. The summed E-state index contributed by atoms with van der Waals surface area (Å²) in [5.74, 6) is 0.926. The number of nitrogens with one attached hydrogen (secondary N) is 1. The van der Waals surface area contributed by atoms with E-state index in [9.17, 15) is 0 Å². The Kier molecular flexibility index (Phi) is 5.04. The maximum absolute atomic E-state index is 5.56. The largest absolute Gasteiger partial charge is 0.494 e. The summed E-state index contributed by atoms with van der Waals surface area (Å²) in [5.41, 5.74) is 2.45. The fourth-order valence-corrected chi connectivity index (χ4v) is 2.19. The zero-order valence-electron chi connectivity index (χ0n) is 11.6. The maximum atomic E-state index is 5.56. The van der Waals surface area contributed by atoms with Crippen molar-refractivity contribution in [3.8, 4) is 5.75 Å². The Bertz CT molecular complexity index is 479. The summed E-state index contributed by atoms with van der Waals surface area (Å²) in [6.45, 7) is 5.74. The Balaban J connectivity index is 2.15. The molecule has 0 saturated carbocycles. The number of likely N-dealkylation sites (N-methyl/N-ethyl adjacent to an activating group) is 1. The van der Waals surface area contributed by atoms with Crippen LogP contribution < -0.4 is 10.1 Å². The number of hydrogen-bond acceptors (Lipinski definition) is 3. The van der Waals surface area contributed by atoms with Crippen molar-refractivity contribution in [2.24, 2.45) is 0 Å². The minimum absolute atomic E-state index is 0.281. The lowest BCUT2D eigenvalue weighted by atomic mass is 10.0. The molecular weight excluding hydrogens is 238 g/mol. The quantitative estimate of drug-likeness (QED) is 0.825. The first-order chi connectivity index (χ1) is 9.33. The highest BCUT2D eigenvalue weighted by molar-refractivity contribution is 5.31. The van der Waals surface area contributed by atoms with Gasteiger partial charge in [0.1, 0.15) is 5.75 Å². The van der Waals surface area contributed by atoms with Gasteiger partial charge in [-0.2, -0.15) is 0 Å². The van der Waals surface area contributed by atoms with Gasteiger partial charge >= 0.3 is 0 Å². The molecule has 102 valence electrons. The van der Waals surface area contributed by atoms with E-state index >= 15 is 0 Å². The van der Waals surface area contributed by atoms with E-state index in [1.165, 1.54) is 11.1 Å². The van der Waals surface area contributed by atoms with Gasteiger partial charge in [0.2, 0.25) is 0 Å². The molecular formula is C16H21NO2. The van der Waals surface area contributed by atoms with Gasteiger partial charge < -0.3 is 14.5 Å². The lowest BCUT2D eigenvalue weighted by Gasteiger charge is -2.18. The highest BCUT2D eigenvalue weighted by atomic mass is 16.5. The predicted octanol–water partition coefficient (Wildman–Crippen LogP) is 3.57. The summed E-state index contributed by atoms with van der Waals surface area (Å²) in [6.07, 6.45) is 4.44. The number of ether oxygens (including phenoxy) is 1. The van der Waals surface area contributed by atoms with Crippen molar-refractivity contribution in [3.63, 3.8) is 0 Å². The Morgan fingerprint density at radius 3 is 2.84 bits per heavy atom. The van der Waals surface area contributed by atoms with Crippen LogP contribution in [0.2, 0.25) is 0 Å².